The Bertz CT molecular complexity index is 4020. The van der Waals surface area contributed by atoms with Crippen LogP contribution in [0.25, 0.3) is 83.5 Å². The van der Waals surface area contributed by atoms with Gasteiger partial charge in [0, 0.05) is 60.9 Å². The molecule has 2 aliphatic heterocycles. The third-order valence-electron chi connectivity index (χ3n) is 13.7. The van der Waals surface area contributed by atoms with E-state index in [0.29, 0.717) is 28.8 Å². The SMILES string of the molecule is [2H]c1c([2H])c([2H])c(-c2ccc(-c3cnc(-n4c5[c-]c(Oc6[c-]c(C7=COC8=C(c9c(-c%10ccccc%10)cccc9-c9ccccc9)N(C(C)(C)C)[CH-]N78)cc(C(C)(C)C)c6)ccc5c5ccccc54)cc3C)cc2)c([2H])c1[2H].[Pt]. The molecular formula is C67H55N4O2Pt-3. The Morgan fingerprint density at radius 1 is 0.622 bits per heavy atom. The van der Waals surface area contributed by atoms with E-state index in [-0.39, 0.29) is 61.8 Å². The first kappa shape index (κ1) is 42.6. The van der Waals surface area contributed by atoms with Crippen LogP contribution in [-0.4, -0.2) is 24.9 Å². The minimum absolute atomic E-state index is 0. The van der Waals surface area contributed by atoms with Gasteiger partial charge in [-0.05, 0) is 101 Å². The molecular weight excluding hydrogens is 1090 g/mol. The standard InChI is InChI=1S/C67H55N4O2.Pt/c1-44-36-62(68-41-58(44)49-32-30-46(31-33-49)45-20-11-8-12-21-45)71-59-29-18-17-26-56(59)57-35-34-52(40-60(57)71)73-53-38-50(37-51(39-53)66(2,3)4)61-42-72-65-64(70(43-69(61)65)67(5,6)7)63-54(47-22-13-9-14-23-47)27-19-28-55(63)48-24-15-10-16-25-48;/h8-37,39,41-43H,1-7H3;/q-3;/i8D,11D,12D,20D,21D;. The third kappa shape index (κ3) is 8.81. The van der Waals surface area contributed by atoms with E-state index < -0.39 is 6.04 Å². The Kier molecular flexibility index (Phi) is 11.0. The molecule has 0 radical (unpaired) electrons. The van der Waals surface area contributed by atoms with Crippen molar-refractivity contribution in [2.75, 3.05) is 0 Å². The summed E-state index contributed by atoms with van der Waals surface area (Å²) < 4.78 is 57.1. The van der Waals surface area contributed by atoms with Crippen molar-refractivity contribution >= 4 is 33.2 Å². The van der Waals surface area contributed by atoms with Crippen molar-refractivity contribution in [1.82, 2.24) is 19.4 Å². The summed E-state index contributed by atoms with van der Waals surface area (Å²) >= 11 is 0. The van der Waals surface area contributed by atoms with E-state index in [1.165, 1.54) is 0 Å². The molecule has 12 rings (SSSR count). The maximum absolute atomic E-state index is 8.48. The van der Waals surface area contributed by atoms with Gasteiger partial charge in [0.25, 0.3) is 0 Å². The number of nitrogens with zero attached hydrogens (tertiary/aromatic N) is 4. The summed E-state index contributed by atoms with van der Waals surface area (Å²) in [7, 11) is 0. The average molecular weight is 1150 g/mol. The number of aromatic nitrogens is 2. The van der Waals surface area contributed by atoms with Gasteiger partial charge in [0.2, 0.25) is 0 Å². The molecule has 0 N–H and O–H groups in total. The van der Waals surface area contributed by atoms with E-state index >= 15 is 0 Å². The van der Waals surface area contributed by atoms with Crippen molar-refractivity contribution in [3.05, 3.63) is 247 Å². The molecule has 7 heteroatoms. The number of aryl methyl sites for hydroxylation is 1. The second-order valence-corrected chi connectivity index (χ2v) is 20.6. The van der Waals surface area contributed by atoms with Crippen LogP contribution in [0.1, 0.15) is 70.7 Å². The predicted octanol–water partition coefficient (Wildman–Crippen LogP) is 17.0. The quantitative estimate of drug-likeness (QED) is 0.135. The molecule has 0 aliphatic carbocycles. The smallest absolute Gasteiger partial charge is 0.184 e. The largest absolute Gasteiger partial charge is 0.503 e. The molecule has 0 saturated heterocycles. The molecule has 0 spiro atoms. The summed E-state index contributed by atoms with van der Waals surface area (Å²) in [6.07, 6.45) is 3.69. The van der Waals surface area contributed by atoms with Gasteiger partial charge in [-0.15, -0.1) is 34.7 Å². The molecule has 0 unspecified atom stereocenters. The van der Waals surface area contributed by atoms with Crippen LogP contribution in [0, 0.1) is 25.7 Å². The summed E-state index contributed by atoms with van der Waals surface area (Å²) in [5, 5.41) is 2.05. The number of rotatable bonds is 9. The molecule has 10 aromatic rings. The van der Waals surface area contributed by atoms with Crippen molar-refractivity contribution < 1.29 is 37.4 Å². The van der Waals surface area contributed by atoms with Crippen LogP contribution in [0.4, 0.5) is 0 Å². The van der Waals surface area contributed by atoms with Crippen LogP contribution >= 0.6 is 0 Å². The number of hydrogen-bond acceptors (Lipinski definition) is 5. The summed E-state index contributed by atoms with van der Waals surface area (Å²) in [6, 6.07) is 59.3. The van der Waals surface area contributed by atoms with Crippen LogP contribution in [0.2, 0.25) is 0 Å². The number of ether oxygens (including phenoxy) is 2. The van der Waals surface area contributed by atoms with Gasteiger partial charge in [-0.25, -0.2) is 4.98 Å². The van der Waals surface area contributed by atoms with Crippen molar-refractivity contribution in [3.63, 3.8) is 0 Å². The van der Waals surface area contributed by atoms with Gasteiger partial charge >= 0.3 is 0 Å². The zero-order chi connectivity index (χ0) is 54.4. The van der Waals surface area contributed by atoms with Crippen molar-refractivity contribution in [2.45, 2.75) is 59.4 Å². The Morgan fingerprint density at radius 3 is 1.93 bits per heavy atom. The zero-order valence-corrected chi connectivity index (χ0v) is 44.4. The molecule has 0 amide bonds. The maximum Gasteiger partial charge on any atom is 0.184 e. The number of para-hydroxylation sites is 1. The first-order chi connectivity index (χ1) is 37.4. The Labute approximate surface area is 456 Å². The fourth-order valence-corrected chi connectivity index (χ4v) is 9.98. The normalized spacial score (nSPS) is 14.5. The summed E-state index contributed by atoms with van der Waals surface area (Å²) in [4.78, 5) is 9.53. The second-order valence-electron chi connectivity index (χ2n) is 20.6. The number of pyridine rings is 1. The van der Waals surface area contributed by atoms with E-state index in [2.05, 4.69) is 190 Å². The van der Waals surface area contributed by atoms with Gasteiger partial charge in [-0.3, -0.25) is 0 Å². The molecule has 74 heavy (non-hydrogen) atoms. The molecule has 8 aromatic carbocycles. The Hall–Kier alpha value is -7.92. The average Bonchev–Trinajstić information content (AvgIpc) is 4.35. The van der Waals surface area contributed by atoms with E-state index in [1.807, 2.05) is 49.7 Å². The number of benzene rings is 8. The van der Waals surface area contributed by atoms with Crippen LogP contribution in [0.3, 0.4) is 0 Å². The number of hydrogen-bond donors (Lipinski definition) is 0. The second kappa shape index (κ2) is 19.2. The first-order valence-corrected chi connectivity index (χ1v) is 24.6. The molecule has 4 heterocycles. The van der Waals surface area contributed by atoms with Gasteiger partial charge in [-0.2, -0.15) is 12.7 Å². The molecule has 0 fully saturated rings. The van der Waals surface area contributed by atoms with Crippen LogP contribution in [0.15, 0.2) is 206 Å². The molecule has 368 valence electrons. The fraction of sp³-hybridized carbons (Fsp3) is 0.134. The van der Waals surface area contributed by atoms with Gasteiger partial charge < -0.3 is 23.8 Å². The van der Waals surface area contributed by atoms with Crippen LogP contribution < -0.4 is 4.74 Å². The van der Waals surface area contributed by atoms with Crippen LogP contribution in [-0.2, 0) is 31.2 Å². The third-order valence-corrected chi connectivity index (χ3v) is 13.7. The summed E-state index contributed by atoms with van der Waals surface area (Å²) in [5.74, 6) is 2.48. The van der Waals surface area contributed by atoms with E-state index in [9.17, 15) is 0 Å². The Morgan fingerprint density at radius 2 is 1.27 bits per heavy atom. The molecule has 0 bridgehead atoms. The molecule has 6 nitrogen and oxygen atoms in total. The van der Waals surface area contributed by atoms with E-state index in [0.717, 1.165) is 88.8 Å². The van der Waals surface area contributed by atoms with Crippen molar-refractivity contribution in [1.29, 1.82) is 0 Å². The zero-order valence-electron chi connectivity index (χ0n) is 47.2. The van der Waals surface area contributed by atoms with E-state index in [4.69, 9.17) is 21.3 Å². The minimum atomic E-state index is -0.413. The minimum Gasteiger partial charge on any atom is -0.503 e. The van der Waals surface area contributed by atoms with Crippen molar-refractivity contribution in [3.8, 4) is 61.8 Å². The van der Waals surface area contributed by atoms with Gasteiger partial charge in [-0.1, -0.05) is 190 Å². The fourth-order valence-electron chi connectivity index (χ4n) is 9.98. The van der Waals surface area contributed by atoms with Crippen molar-refractivity contribution in [2.24, 2.45) is 0 Å². The maximum atomic E-state index is 8.48. The molecule has 2 aliphatic rings. The molecule has 0 saturated carbocycles. The molecule has 2 aromatic heterocycles. The summed E-state index contributed by atoms with van der Waals surface area (Å²) in [5.41, 5.74) is 13.9. The topological polar surface area (TPSA) is 42.8 Å². The molecule has 0 atom stereocenters. The van der Waals surface area contributed by atoms with Gasteiger partial charge in [0.1, 0.15) is 5.82 Å². The predicted molar refractivity (Wildman–Crippen MR) is 298 cm³/mol. The van der Waals surface area contributed by atoms with Gasteiger partial charge in [0.15, 0.2) is 5.88 Å². The van der Waals surface area contributed by atoms with Gasteiger partial charge in [0.05, 0.1) is 18.8 Å². The van der Waals surface area contributed by atoms with Crippen LogP contribution in [0.5, 0.6) is 11.5 Å². The summed E-state index contributed by atoms with van der Waals surface area (Å²) in [6.45, 7) is 17.5. The first-order valence-electron chi connectivity index (χ1n) is 27.1. The monoisotopic (exact) mass is 1150 g/mol. The van der Waals surface area contributed by atoms with E-state index in [1.54, 1.807) is 12.1 Å². The number of fused-ring (bicyclic) bond motifs is 4. The Balaban J connectivity index is 0.00000660.